The van der Waals surface area contributed by atoms with Crippen LogP contribution in [0.4, 0.5) is 5.13 Å². The summed E-state index contributed by atoms with van der Waals surface area (Å²) in [7, 11) is 2.86. The minimum Gasteiger partial charge on any atom is -0.481 e. The van der Waals surface area contributed by atoms with Crippen LogP contribution < -0.4 is 14.8 Å². The molecule has 24 heavy (non-hydrogen) atoms. The quantitative estimate of drug-likeness (QED) is 0.764. The van der Waals surface area contributed by atoms with Gasteiger partial charge in [-0.1, -0.05) is 22.9 Å². The van der Waals surface area contributed by atoms with Gasteiger partial charge in [0.15, 0.2) is 5.13 Å². The number of aryl methyl sites for hydroxylation is 1. The van der Waals surface area contributed by atoms with Gasteiger partial charge in [-0.15, -0.1) is 0 Å². The van der Waals surface area contributed by atoms with E-state index in [1.54, 1.807) is 0 Å². The van der Waals surface area contributed by atoms with Gasteiger partial charge in [-0.25, -0.2) is 4.98 Å². The fourth-order valence-corrected chi connectivity index (χ4v) is 3.10. The standard InChI is InChI=1S/C15H13ClN4O3S/c1-7-8(16)4-5-10-12(7)19-15(24-10)20-13(21)9-6-11(22-2)18-14(17-9)23-3/h4-6H,1-3H3,(H,19,20,21). The Bertz CT molecular complexity index is 906. The highest BCUT2D eigenvalue weighted by Crippen LogP contribution is 2.31. The molecule has 0 radical (unpaired) electrons. The fourth-order valence-electron chi connectivity index (χ4n) is 2.03. The van der Waals surface area contributed by atoms with Crippen LogP contribution in [0.2, 0.25) is 5.02 Å². The highest BCUT2D eigenvalue weighted by molar-refractivity contribution is 7.22. The zero-order valence-corrected chi connectivity index (χ0v) is 14.7. The van der Waals surface area contributed by atoms with E-state index < -0.39 is 5.91 Å². The Morgan fingerprint density at radius 1 is 1.21 bits per heavy atom. The van der Waals surface area contributed by atoms with Gasteiger partial charge in [-0.3, -0.25) is 10.1 Å². The molecule has 0 unspecified atom stereocenters. The van der Waals surface area contributed by atoms with E-state index in [1.807, 2.05) is 19.1 Å². The first kappa shape index (κ1) is 16.4. The van der Waals surface area contributed by atoms with Crippen LogP contribution in [0, 0.1) is 6.92 Å². The highest BCUT2D eigenvalue weighted by atomic mass is 35.5. The third-order valence-corrected chi connectivity index (χ3v) is 4.62. The van der Waals surface area contributed by atoms with Crippen molar-refractivity contribution in [3.8, 4) is 11.9 Å². The molecule has 0 fully saturated rings. The first-order valence-electron chi connectivity index (χ1n) is 6.86. The molecule has 0 spiro atoms. The van der Waals surface area contributed by atoms with Gasteiger partial charge in [-0.2, -0.15) is 9.97 Å². The van der Waals surface area contributed by atoms with Crippen LogP contribution in [0.25, 0.3) is 10.2 Å². The van der Waals surface area contributed by atoms with Gasteiger partial charge < -0.3 is 9.47 Å². The first-order chi connectivity index (χ1) is 11.5. The van der Waals surface area contributed by atoms with Crippen molar-refractivity contribution in [1.29, 1.82) is 0 Å². The molecule has 0 aliphatic heterocycles. The molecule has 1 amide bonds. The van der Waals surface area contributed by atoms with E-state index in [9.17, 15) is 4.79 Å². The number of halogens is 1. The van der Waals surface area contributed by atoms with E-state index in [0.717, 1.165) is 15.8 Å². The summed E-state index contributed by atoms with van der Waals surface area (Å²) in [4.78, 5) is 24.8. The molecule has 0 saturated carbocycles. The number of rotatable bonds is 4. The number of anilines is 1. The topological polar surface area (TPSA) is 86.2 Å². The van der Waals surface area contributed by atoms with E-state index in [4.69, 9.17) is 21.1 Å². The number of carbonyl (C=O) groups is 1. The summed E-state index contributed by atoms with van der Waals surface area (Å²) in [6, 6.07) is 5.15. The lowest BCUT2D eigenvalue weighted by molar-refractivity contribution is 0.102. The lowest BCUT2D eigenvalue weighted by Gasteiger charge is -2.05. The summed E-state index contributed by atoms with van der Waals surface area (Å²) in [5.41, 5.74) is 1.75. The van der Waals surface area contributed by atoms with Crippen molar-refractivity contribution in [1.82, 2.24) is 15.0 Å². The van der Waals surface area contributed by atoms with Gasteiger partial charge in [-0.05, 0) is 24.6 Å². The number of aromatic nitrogens is 3. The molecular formula is C15H13ClN4O3S. The molecule has 0 aliphatic rings. The third kappa shape index (κ3) is 3.10. The molecule has 9 heteroatoms. The predicted octanol–water partition coefficient (Wildman–Crippen LogP) is 3.32. The molecule has 2 heterocycles. The van der Waals surface area contributed by atoms with Crippen molar-refractivity contribution in [2.75, 3.05) is 19.5 Å². The molecule has 3 rings (SSSR count). The van der Waals surface area contributed by atoms with Crippen molar-refractivity contribution < 1.29 is 14.3 Å². The van der Waals surface area contributed by atoms with E-state index in [0.29, 0.717) is 10.2 Å². The van der Waals surface area contributed by atoms with Crippen LogP contribution in [0.15, 0.2) is 18.2 Å². The second-order valence-electron chi connectivity index (χ2n) is 4.77. The molecular weight excluding hydrogens is 352 g/mol. The van der Waals surface area contributed by atoms with E-state index in [-0.39, 0.29) is 17.6 Å². The van der Waals surface area contributed by atoms with Crippen LogP contribution in [0.1, 0.15) is 16.1 Å². The second kappa shape index (κ2) is 6.58. The van der Waals surface area contributed by atoms with Gasteiger partial charge in [0.25, 0.3) is 5.91 Å². The van der Waals surface area contributed by atoms with Crippen LogP contribution in [-0.4, -0.2) is 35.1 Å². The number of hydrogen-bond donors (Lipinski definition) is 1. The molecule has 3 aromatic rings. The largest absolute Gasteiger partial charge is 0.481 e. The van der Waals surface area contributed by atoms with E-state index in [2.05, 4.69) is 20.3 Å². The molecule has 0 bridgehead atoms. The van der Waals surface area contributed by atoms with E-state index >= 15 is 0 Å². The number of ether oxygens (including phenoxy) is 2. The van der Waals surface area contributed by atoms with Crippen LogP contribution in [-0.2, 0) is 0 Å². The Labute approximate surface area is 146 Å². The summed E-state index contributed by atoms with van der Waals surface area (Å²) < 4.78 is 10.9. The lowest BCUT2D eigenvalue weighted by atomic mass is 10.2. The summed E-state index contributed by atoms with van der Waals surface area (Å²) >= 11 is 7.45. The maximum atomic E-state index is 12.4. The maximum Gasteiger partial charge on any atom is 0.320 e. The molecule has 1 aromatic carbocycles. The van der Waals surface area contributed by atoms with Crippen molar-refractivity contribution >= 4 is 44.2 Å². The molecule has 0 aliphatic carbocycles. The average molecular weight is 365 g/mol. The first-order valence-corrected chi connectivity index (χ1v) is 8.05. The monoisotopic (exact) mass is 364 g/mol. The number of thiazole rings is 1. The highest BCUT2D eigenvalue weighted by Gasteiger charge is 2.16. The second-order valence-corrected chi connectivity index (χ2v) is 6.21. The van der Waals surface area contributed by atoms with Crippen molar-refractivity contribution in [2.24, 2.45) is 0 Å². The minimum atomic E-state index is -0.434. The summed E-state index contributed by atoms with van der Waals surface area (Å²) in [6.07, 6.45) is 0. The van der Waals surface area contributed by atoms with Crippen molar-refractivity contribution in [3.63, 3.8) is 0 Å². The smallest absolute Gasteiger partial charge is 0.320 e. The van der Waals surface area contributed by atoms with Crippen LogP contribution in [0.3, 0.4) is 0 Å². The van der Waals surface area contributed by atoms with Gasteiger partial charge >= 0.3 is 6.01 Å². The number of benzene rings is 1. The number of fused-ring (bicyclic) bond motifs is 1. The molecule has 7 nitrogen and oxygen atoms in total. The molecule has 0 atom stereocenters. The van der Waals surface area contributed by atoms with E-state index in [1.165, 1.54) is 31.6 Å². The molecule has 2 aromatic heterocycles. The summed E-state index contributed by atoms with van der Waals surface area (Å²) in [5, 5.41) is 3.81. The molecule has 1 N–H and O–H groups in total. The molecule has 0 saturated heterocycles. The zero-order chi connectivity index (χ0) is 17.3. The van der Waals surface area contributed by atoms with Crippen molar-refractivity contribution in [2.45, 2.75) is 6.92 Å². The van der Waals surface area contributed by atoms with Crippen LogP contribution in [0.5, 0.6) is 11.9 Å². The average Bonchev–Trinajstić information content (AvgIpc) is 3.01. The van der Waals surface area contributed by atoms with Gasteiger partial charge in [0.2, 0.25) is 5.88 Å². The lowest BCUT2D eigenvalue weighted by Crippen LogP contribution is -2.14. The predicted molar refractivity (Wildman–Crippen MR) is 92.5 cm³/mol. The maximum absolute atomic E-state index is 12.4. The van der Waals surface area contributed by atoms with Gasteiger partial charge in [0.1, 0.15) is 5.69 Å². The normalized spacial score (nSPS) is 10.7. The zero-order valence-electron chi connectivity index (χ0n) is 13.1. The Balaban J connectivity index is 1.91. The van der Waals surface area contributed by atoms with Crippen LogP contribution >= 0.6 is 22.9 Å². The number of carbonyl (C=O) groups excluding carboxylic acids is 1. The summed E-state index contributed by atoms with van der Waals surface area (Å²) in [5.74, 6) is -0.198. The van der Waals surface area contributed by atoms with Gasteiger partial charge in [0, 0.05) is 11.1 Å². The number of nitrogens with zero attached hydrogens (tertiary/aromatic N) is 3. The van der Waals surface area contributed by atoms with Crippen molar-refractivity contribution in [3.05, 3.63) is 34.5 Å². The summed E-state index contributed by atoms with van der Waals surface area (Å²) in [6.45, 7) is 1.89. The molecule has 124 valence electrons. The Hall–Kier alpha value is -2.45. The van der Waals surface area contributed by atoms with Gasteiger partial charge in [0.05, 0.1) is 24.4 Å². The fraction of sp³-hybridized carbons (Fsp3) is 0.200. The number of nitrogens with one attached hydrogen (secondary N) is 1. The Morgan fingerprint density at radius 2 is 2.00 bits per heavy atom. The number of amides is 1. The third-order valence-electron chi connectivity index (χ3n) is 3.27. The number of methoxy groups -OCH3 is 2. The Morgan fingerprint density at radius 3 is 2.71 bits per heavy atom. The minimum absolute atomic E-state index is 0.0476. The number of hydrogen-bond acceptors (Lipinski definition) is 7. The Kier molecular flexibility index (Phi) is 4.50. The SMILES string of the molecule is COc1cc(C(=O)Nc2nc3c(C)c(Cl)ccc3s2)nc(OC)n1.